The van der Waals surface area contributed by atoms with Crippen molar-refractivity contribution in [2.24, 2.45) is 0 Å². The third-order valence-electron chi connectivity index (χ3n) is 2.96. The van der Waals surface area contributed by atoms with Crippen LogP contribution in [0.2, 0.25) is 0 Å². The molecule has 2 aromatic rings. The van der Waals surface area contributed by atoms with Gasteiger partial charge in [0.1, 0.15) is 11.5 Å². The van der Waals surface area contributed by atoms with Crippen molar-refractivity contribution < 1.29 is 17.6 Å². The van der Waals surface area contributed by atoms with E-state index in [0.717, 1.165) is 5.76 Å². The maximum absolute atomic E-state index is 12.3. The minimum absolute atomic E-state index is 0.111. The van der Waals surface area contributed by atoms with E-state index in [1.54, 1.807) is 25.3 Å². The Morgan fingerprint density at radius 2 is 2.14 bits per heavy atom. The molecule has 1 atom stereocenters. The van der Waals surface area contributed by atoms with E-state index in [1.807, 2.05) is 0 Å². The molecule has 6 nitrogen and oxygen atoms in total. The number of anilines is 1. The van der Waals surface area contributed by atoms with Crippen LogP contribution in [0.3, 0.4) is 0 Å². The molecule has 2 rings (SSSR count). The molecule has 3 N–H and O–H groups in total. The molecular weight excluding hydrogens is 292 g/mol. The number of nitrogens with one attached hydrogen (secondary N) is 1. The standard InChI is InChI=1S/C14H18N2O4S/c1-10(8-11-4-3-7-20-11)16-21(17,18)12-5-6-13(15)14(9-12)19-2/h3-7,9-10,16H,8,15H2,1-2H3. The lowest BCUT2D eigenvalue weighted by Gasteiger charge is -2.14. The van der Waals surface area contributed by atoms with Crippen molar-refractivity contribution in [2.75, 3.05) is 12.8 Å². The molecule has 7 heteroatoms. The minimum Gasteiger partial charge on any atom is -0.495 e. The summed E-state index contributed by atoms with van der Waals surface area (Å²) >= 11 is 0. The van der Waals surface area contributed by atoms with Crippen LogP contribution in [0.5, 0.6) is 5.75 Å². The van der Waals surface area contributed by atoms with Crippen molar-refractivity contribution in [1.82, 2.24) is 4.72 Å². The van der Waals surface area contributed by atoms with Gasteiger partial charge in [-0.05, 0) is 31.2 Å². The highest BCUT2D eigenvalue weighted by Gasteiger charge is 2.19. The van der Waals surface area contributed by atoms with Crippen LogP contribution in [0.4, 0.5) is 5.69 Å². The summed E-state index contributed by atoms with van der Waals surface area (Å²) < 4.78 is 37.5. The number of nitrogens with two attached hydrogens (primary N) is 1. The molecule has 0 aliphatic rings. The molecule has 1 aromatic heterocycles. The molecule has 1 aromatic carbocycles. The zero-order valence-electron chi connectivity index (χ0n) is 11.9. The molecule has 0 fully saturated rings. The van der Waals surface area contributed by atoms with E-state index >= 15 is 0 Å². The maximum atomic E-state index is 12.3. The molecule has 0 bridgehead atoms. The Balaban J connectivity index is 2.14. The van der Waals surface area contributed by atoms with Crippen LogP contribution in [-0.2, 0) is 16.4 Å². The number of nitrogen functional groups attached to an aromatic ring is 1. The third-order valence-corrected chi connectivity index (χ3v) is 4.55. The third kappa shape index (κ3) is 3.77. The lowest BCUT2D eigenvalue weighted by atomic mass is 10.2. The normalized spacial score (nSPS) is 13.0. The van der Waals surface area contributed by atoms with Gasteiger partial charge >= 0.3 is 0 Å². The molecule has 114 valence electrons. The van der Waals surface area contributed by atoms with Crippen LogP contribution in [-0.4, -0.2) is 21.6 Å². The van der Waals surface area contributed by atoms with E-state index in [2.05, 4.69) is 4.72 Å². The predicted molar refractivity (Wildman–Crippen MR) is 79.6 cm³/mol. The highest BCUT2D eigenvalue weighted by Crippen LogP contribution is 2.24. The molecule has 0 amide bonds. The van der Waals surface area contributed by atoms with E-state index in [9.17, 15) is 8.42 Å². The molecule has 0 saturated carbocycles. The maximum Gasteiger partial charge on any atom is 0.240 e. The van der Waals surface area contributed by atoms with Gasteiger partial charge in [0.25, 0.3) is 0 Å². The van der Waals surface area contributed by atoms with Gasteiger partial charge in [-0.25, -0.2) is 13.1 Å². The lowest BCUT2D eigenvalue weighted by Crippen LogP contribution is -2.34. The number of hydrogen-bond acceptors (Lipinski definition) is 5. The number of rotatable bonds is 6. The number of furan rings is 1. The number of sulfonamides is 1. The van der Waals surface area contributed by atoms with Gasteiger partial charge < -0.3 is 14.9 Å². The Morgan fingerprint density at radius 1 is 1.38 bits per heavy atom. The first-order chi connectivity index (χ1) is 9.92. The van der Waals surface area contributed by atoms with Crippen LogP contribution in [0.25, 0.3) is 0 Å². The van der Waals surface area contributed by atoms with Gasteiger partial charge in [-0.15, -0.1) is 0 Å². The quantitative estimate of drug-likeness (QED) is 0.793. The van der Waals surface area contributed by atoms with Gasteiger partial charge in [0.2, 0.25) is 10.0 Å². The van der Waals surface area contributed by atoms with E-state index in [1.165, 1.54) is 25.3 Å². The van der Waals surface area contributed by atoms with Gasteiger partial charge in [0.05, 0.1) is 24.0 Å². The molecule has 1 heterocycles. The average molecular weight is 310 g/mol. The summed E-state index contributed by atoms with van der Waals surface area (Å²) in [6, 6.07) is 7.62. The summed E-state index contributed by atoms with van der Waals surface area (Å²) in [7, 11) is -2.20. The van der Waals surface area contributed by atoms with Gasteiger partial charge in [0.15, 0.2) is 0 Å². The van der Waals surface area contributed by atoms with Crippen molar-refractivity contribution >= 4 is 15.7 Å². The van der Waals surface area contributed by atoms with Crippen LogP contribution in [0.15, 0.2) is 45.9 Å². The number of benzene rings is 1. The first-order valence-corrected chi connectivity index (χ1v) is 7.89. The molecule has 1 unspecified atom stereocenters. The van der Waals surface area contributed by atoms with E-state index in [4.69, 9.17) is 14.9 Å². The molecule has 0 aliphatic carbocycles. The van der Waals surface area contributed by atoms with Gasteiger partial charge in [-0.1, -0.05) is 0 Å². The summed E-state index contributed by atoms with van der Waals surface area (Å²) in [5.74, 6) is 1.05. The molecular formula is C14H18N2O4S. The second-order valence-corrected chi connectivity index (χ2v) is 6.42. The molecule has 21 heavy (non-hydrogen) atoms. The molecule has 0 aliphatic heterocycles. The second-order valence-electron chi connectivity index (χ2n) is 4.71. The van der Waals surface area contributed by atoms with Crippen molar-refractivity contribution in [3.63, 3.8) is 0 Å². The van der Waals surface area contributed by atoms with Crippen molar-refractivity contribution in [3.8, 4) is 5.75 Å². The van der Waals surface area contributed by atoms with E-state index < -0.39 is 10.0 Å². The Kier molecular flexibility index (Phi) is 4.54. The van der Waals surface area contributed by atoms with E-state index in [-0.39, 0.29) is 10.9 Å². The zero-order valence-corrected chi connectivity index (χ0v) is 12.7. The Morgan fingerprint density at radius 3 is 2.76 bits per heavy atom. The minimum atomic E-state index is -3.64. The van der Waals surface area contributed by atoms with Crippen LogP contribution >= 0.6 is 0 Å². The van der Waals surface area contributed by atoms with Crippen LogP contribution < -0.4 is 15.2 Å². The fourth-order valence-corrected chi connectivity index (χ4v) is 3.22. The smallest absolute Gasteiger partial charge is 0.240 e. The molecule has 0 saturated heterocycles. The first-order valence-electron chi connectivity index (χ1n) is 6.40. The molecule has 0 radical (unpaired) electrons. The van der Waals surface area contributed by atoms with Gasteiger partial charge in [-0.2, -0.15) is 0 Å². The Hall–Kier alpha value is -1.99. The number of hydrogen-bond donors (Lipinski definition) is 2. The Bertz CT molecular complexity index is 696. The second kappa shape index (κ2) is 6.19. The highest BCUT2D eigenvalue weighted by atomic mass is 32.2. The fraction of sp³-hybridized carbons (Fsp3) is 0.286. The predicted octanol–water partition coefficient (Wildman–Crippen LogP) is 1.78. The van der Waals surface area contributed by atoms with Gasteiger partial charge in [0, 0.05) is 18.5 Å². The topological polar surface area (TPSA) is 94.6 Å². The lowest BCUT2D eigenvalue weighted by molar-refractivity contribution is 0.415. The SMILES string of the molecule is COc1cc(S(=O)(=O)NC(C)Cc2ccco2)ccc1N. The number of methoxy groups -OCH3 is 1. The molecule has 0 spiro atoms. The van der Waals surface area contributed by atoms with Crippen LogP contribution in [0, 0.1) is 0 Å². The summed E-state index contributed by atoms with van der Waals surface area (Å²) in [6.07, 6.45) is 2.03. The summed E-state index contributed by atoms with van der Waals surface area (Å²) in [5.41, 5.74) is 6.07. The highest BCUT2D eigenvalue weighted by molar-refractivity contribution is 7.89. The Labute approximate surface area is 124 Å². The van der Waals surface area contributed by atoms with Crippen molar-refractivity contribution in [3.05, 3.63) is 42.4 Å². The summed E-state index contributed by atoms with van der Waals surface area (Å²) in [6.45, 7) is 1.77. The first kappa shape index (κ1) is 15.4. The fourth-order valence-electron chi connectivity index (χ4n) is 1.96. The van der Waals surface area contributed by atoms with Crippen molar-refractivity contribution in [2.45, 2.75) is 24.3 Å². The summed E-state index contributed by atoms with van der Waals surface area (Å²) in [5, 5.41) is 0. The van der Waals surface area contributed by atoms with Gasteiger partial charge in [-0.3, -0.25) is 0 Å². The monoisotopic (exact) mass is 310 g/mol. The number of ether oxygens (including phenoxy) is 1. The van der Waals surface area contributed by atoms with Crippen molar-refractivity contribution in [1.29, 1.82) is 0 Å². The summed E-state index contributed by atoms with van der Waals surface area (Å²) in [4.78, 5) is 0.111. The average Bonchev–Trinajstić information content (AvgIpc) is 2.91. The largest absolute Gasteiger partial charge is 0.495 e. The zero-order chi connectivity index (χ0) is 15.5. The van der Waals surface area contributed by atoms with E-state index in [0.29, 0.717) is 17.9 Å². The van der Waals surface area contributed by atoms with Crippen LogP contribution in [0.1, 0.15) is 12.7 Å².